The van der Waals surface area contributed by atoms with Gasteiger partial charge in [0.1, 0.15) is 0 Å². The lowest BCUT2D eigenvalue weighted by molar-refractivity contribution is 0.0949. The maximum absolute atomic E-state index is 13.0. The van der Waals surface area contributed by atoms with Crippen LogP contribution in [-0.4, -0.2) is 25.7 Å². The quantitative estimate of drug-likeness (QED) is 0.414. The average Bonchev–Trinajstić information content (AvgIpc) is 3.39. The van der Waals surface area contributed by atoms with Crippen LogP contribution in [0.15, 0.2) is 59.1 Å². The van der Waals surface area contributed by atoms with E-state index in [1.54, 1.807) is 12.3 Å². The second-order valence-electron chi connectivity index (χ2n) is 7.53. The minimum Gasteiger partial charge on any atom is -0.436 e. The summed E-state index contributed by atoms with van der Waals surface area (Å²) in [7, 11) is 0. The van der Waals surface area contributed by atoms with Gasteiger partial charge in [0.15, 0.2) is 16.4 Å². The third-order valence-electron chi connectivity index (χ3n) is 4.94. The first-order valence-electron chi connectivity index (χ1n) is 10.0. The minimum absolute atomic E-state index is 0.137. The molecule has 31 heavy (non-hydrogen) atoms. The van der Waals surface area contributed by atoms with E-state index in [-0.39, 0.29) is 18.5 Å². The maximum atomic E-state index is 13.0. The lowest BCUT2D eigenvalue weighted by Crippen LogP contribution is -2.25. The molecule has 0 aliphatic heterocycles. The number of rotatable bonds is 6. The molecule has 0 atom stereocenters. The van der Waals surface area contributed by atoms with Gasteiger partial charge in [0.2, 0.25) is 5.89 Å². The van der Waals surface area contributed by atoms with Gasteiger partial charge in [0.25, 0.3) is 5.91 Å². The predicted octanol–water partition coefficient (Wildman–Crippen LogP) is 5.08. The summed E-state index contributed by atoms with van der Waals surface area (Å²) in [6.07, 6.45) is 1.68. The molecule has 2 aromatic heterocycles. The van der Waals surface area contributed by atoms with Crippen LogP contribution in [0.2, 0.25) is 0 Å². The number of hydrogen-bond acceptors (Lipinski definition) is 5. The smallest absolute Gasteiger partial charge is 0.252 e. The van der Waals surface area contributed by atoms with Crippen molar-refractivity contribution in [1.29, 1.82) is 0 Å². The lowest BCUT2D eigenvalue weighted by Gasteiger charge is -2.12. The van der Waals surface area contributed by atoms with E-state index in [0.29, 0.717) is 33.4 Å². The largest absolute Gasteiger partial charge is 0.436 e. The number of oxazole rings is 1. The summed E-state index contributed by atoms with van der Waals surface area (Å²) in [6.45, 7) is 6.31. The Kier molecular flexibility index (Phi) is 5.81. The SMILES string of the molecule is Cc1ccc(-c2cnc(-c3ccccc3C(=O)NCc3n[nH]c(=S)n3C(C)C)o2)cc1. The summed E-state index contributed by atoms with van der Waals surface area (Å²) in [5, 5.41) is 9.93. The molecule has 0 bridgehead atoms. The first-order chi connectivity index (χ1) is 14.9. The average molecular weight is 434 g/mol. The van der Waals surface area contributed by atoms with Crippen LogP contribution in [0.4, 0.5) is 0 Å². The number of nitrogens with one attached hydrogen (secondary N) is 2. The normalized spacial score (nSPS) is 11.1. The van der Waals surface area contributed by atoms with Crippen molar-refractivity contribution in [1.82, 2.24) is 25.1 Å². The molecule has 0 spiro atoms. The lowest BCUT2D eigenvalue weighted by atomic mass is 10.1. The molecule has 0 unspecified atom stereocenters. The van der Waals surface area contributed by atoms with Crippen molar-refractivity contribution in [3.63, 3.8) is 0 Å². The van der Waals surface area contributed by atoms with E-state index in [0.717, 1.165) is 5.56 Å². The van der Waals surface area contributed by atoms with Crippen LogP contribution in [0.1, 0.15) is 41.6 Å². The molecule has 0 saturated carbocycles. The van der Waals surface area contributed by atoms with Gasteiger partial charge < -0.3 is 14.3 Å². The molecule has 0 saturated heterocycles. The van der Waals surface area contributed by atoms with Gasteiger partial charge in [-0.15, -0.1) is 0 Å². The van der Waals surface area contributed by atoms with Crippen LogP contribution in [0.25, 0.3) is 22.8 Å². The third kappa shape index (κ3) is 4.34. The second-order valence-corrected chi connectivity index (χ2v) is 7.92. The van der Waals surface area contributed by atoms with Gasteiger partial charge in [0.05, 0.1) is 18.3 Å². The van der Waals surface area contributed by atoms with Gasteiger partial charge >= 0.3 is 0 Å². The zero-order valence-electron chi connectivity index (χ0n) is 17.5. The monoisotopic (exact) mass is 433 g/mol. The molecule has 0 aliphatic carbocycles. The Balaban J connectivity index is 1.57. The Morgan fingerprint density at radius 1 is 1.19 bits per heavy atom. The van der Waals surface area contributed by atoms with E-state index in [4.69, 9.17) is 16.6 Å². The van der Waals surface area contributed by atoms with Gasteiger partial charge in [-0.3, -0.25) is 9.89 Å². The highest BCUT2D eigenvalue weighted by molar-refractivity contribution is 7.71. The first-order valence-corrected chi connectivity index (χ1v) is 10.4. The summed E-state index contributed by atoms with van der Waals surface area (Å²) < 4.78 is 8.39. The van der Waals surface area contributed by atoms with Crippen molar-refractivity contribution in [2.75, 3.05) is 0 Å². The van der Waals surface area contributed by atoms with Crippen LogP contribution in [-0.2, 0) is 6.54 Å². The molecule has 158 valence electrons. The summed E-state index contributed by atoms with van der Waals surface area (Å²) >= 11 is 5.27. The number of carbonyl (C=O) groups is 1. The van der Waals surface area contributed by atoms with Crippen molar-refractivity contribution < 1.29 is 9.21 Å². The molecule has 8 heteroatoms. The highest BCUT2D eigenvalue weighted by atomic mass is 32.1. The van der Waals surface area contributed by atoms with E-state index in [1.807, 2.05) is 67.8 Å². The zero-order valence-corrected chi connectivity index (χ0v) is 18.4. The second kappa shape index (κ2) is 8.69. The Morgan fingerprint density at radius 2 is 1.94 bits per heavy atom. The molecule has 0 fully saturated rings. The van der Waals surface area contributed by atoms with Crippen molar-refractivity contribution in [2.24, 2.45) is 0 Å². The first kappa shape index (κ1) is 20.7. The number of H-pyrrole nitrogens is 1. The molecule has 2 heterocycles. The van der Waals surface area contributed by atoms with E-state index in [2.05, 4.69) is 20.5 Å². The number of aryl methyl sites for hydroxylation is 1. The molecular weight excluding hydrogens is 410 g/mol. The minimum atomic E-state index is -0.241. The number of benzene rings is 2. The fraction of sp³-hybridized carbons (Fsp3) is 0.217. The molecule has 0 radical (unpaired) electrons. The number of carbonyl (C=O) groups excluding carboxylic acids is 1. The van der Waals surface area contributed by atoms with Gasteiger partial charge in [-0.25, -0.2) is 4.98 Å². The number of amides is 1. The molecule has 7 nitrogen and oxygen atoms in total. The third-order valence-corrected chi connectivity index (χ3v) is 5.23. The van der Waals surface area contributed by atoms with Crippen LogP contribution < -0.4 is 5.32 Å². The van der Waals surface area contributed by atoms with Crippen LogP contribution in [0.3, 0.4) is 0 Å². The molecule has 1 amide bonds. The molecule has 2 N–H and O–H groups in total. The highest BCUT2D eigenvalue weighted by Crippen LogP contribution is 2.28. The summed E-state index contributed by atoms with van der Waals surface area (Å²) in [4.78, 5) is 17.4. The van der Waals surface area contributed by atoms with E-state index in [1.165, 1.54) is 5.56 Å². The van der Waals surface area contributed by atoms with Crippen LogP contribution in [0.5, 0.6) is 0 Å². The Morgan fingerprint density at radius 3 is 2.68 bits per heavy atom. The van der Waals surface area contributed by atoms with E-state index in [9.17, 15) is 4.79 Å². The van der Waals surface area contributed by atoms with E-state index < -0.39 is 0 Å². The zero-order chi connectivity index (χ0) is 22.0. The predicted molar refractivity (Wildman–Crippen MR) is 121 cm³/mol. The van der Waals surface area contributed by atoms with E-state index >= 15 is 0 Å². The Labute approximate surface area is 185 Å². The number of nitrogens with zero attached hydrogens (tertiary/aromatic N) is 3. The van der Waals surface area contributed by atoms with Crippen LogP contribution >= 0.6 is 12.2 Å². The van der Waals surface area contributed by atoms with Crippen molar-refractivity contribution in [3.05, 3.63) is 76.5 Å². The standard InChI is InChI=1S/C23H23N5O2S/c1-14(2)28-20(26-27-23(28)31)13-24-21(29)17-6-4-5-7-18(17)22-25-12-19(30-22)16-10-8-15(3)9-11-16/h4-12,14H,13H2,1-3H3,(H,24,29)(H,27,31). The molecular formula is C23H23N5O2S. The van der Waals surface area contributed by atoms with Crippen molar-refractivity contribution in [3.8, 4) is 22.8 Å². The Bertz CT molecular complexity index is 1270. The summed E-state index contributed by atoms with van der Waals surface area (Å²) in [6, 6.07) is 15.4. The highest BCUT2D eigenvalue weighted by Gasteiger charge is 2.18. The van der Waals surface area contributed by atoms with Gasteiger partial charge in [-0.1, -0.05) is 42.0 Å². The molecule has 4 aromatic rings. The van der Waals surface area contributed by atoms with Crippen molar-refractivity contribution in [2.45, 2.75) is 33.4 Å². The number of aromatic nitrogens is 4. The molecule has 2 aromatic carbocycles. The maximum Gasteiger partial charge on any atom is 0.252 e. The number of hydrogen-bond donors (Lipinski definition) is 2. The summed E-state index contributed by atoms with van der Waals surface area (Å²) in [5.41, 5.74) is 3.21. The molecule has 4 rings (SSSR count). The molecule has 0 aliphatic rings. The number of aromatic amines is 1. The van der Waals surface area contributed by atoms with Crippen molar-refractivity contribution >= 4 is 18.1 Å². The topological polar surface area (TPSA) is 88.7 Å². The van der Waals surface area contributed by atoms with Crippen LogP contribution in [0, 0.1) is 11.7 Å². The summed E-state index contributed by atoms with van der Waals surface area (Å²) in [5.74, 6) is 1.47. The van der Waals surface area contributed by atoms with Gasteiger partial charge in [0, 0.05) is 17.2 Å². The van der Waals surface area contributed by atoms with Gasteiger partial charge in [-0.05, 0) is 45.1 Å². The van der Waals surface area contributed by atoms with Gasteiger partial charge in [-0.2, -0.15) is 5.10 Å². The fourth-order valence-corrected chi connectivity index (χ4v) is 3.73. The fourth-order valence-electron chi connectivity index (χ4n) is 3.37. The Hall–Kier alpha value is -3.52.